The number of aromatic nitrogens is 1. The Balaban J connectivity index is 1.57. The number of sulfonamides is 1. The number of para-hydroxylation sites is 1. The van der Waals surface area contributed by atoms with E-state index in [1.165, 1.54) is 24.3 Å². The lowest BCUT2D eigenvalue weighted by atomic mass is 10.2. The molecule has 4 N–H and O–H groups in total. The number of hydrogen-bond acceptors (Lipinski definition) is 5. The van der Waals surface area contributed by atoms with Gasteiger partial charge in [0.2, 0.25) is 10.0 Å². The van der Waals surface area contributed by atoms with Crippen molar-refractivity contribution < 1.29 is 22.7 Å². The van der Waals surface area contributed by atoms with Gasteiger partial charge < -0.3 is 15.0 Å². The van der Waals surface area contributed by atoms with Crippen molar-refractivity contribution in [1.82, 2.24) is 4.98 Å². The predicted octanol–water partition coefficient (Wildman–Crippen LogP) is 1.61. The third-order valence-corrected chi connectivity index (χ3v) is 4.48. The molecule has 0 saturated carbocycles. The maximum atomic E-state index is 12.0. The Kier molecular flexibility index (Phi) is 4.74. The average Bonchev–Trinajstić information content (AvgIpc) is 3.03. The van der Waals surface area contributed by atoms with Gasteiger partial charge in [-0.3, -0.25) is 4.79 Å². The molecule has 3 aromatic rings. The van der Waals surface area contributed by atoms with Crippen molar-refractivity contribution in [2.75, 3.05) is 11.9 Å². The van der Waals surface area contributed by atoms with Gasteiger partial charge in [-0.05, 0) is 36.4 Å². The highest BCUT2D eigenvalue weighted by molar-refractivity contribution is 7.89. The van der Waals surface area contributed by atoms with Crippen molar-refractivity contribution in [2.45, 2.75) is 4.90 Å². The normalized spacial score (nSPS) is 11.3. The van der Waals surface area contributed by atoms with Crippen LogP contribution in [0.3, 0.4) is 0 Å². The number of ether oxygens (including phenoxy) is 1. The number of carbonyl (C=O) groups is 2. The molecular formula is C17H15N3O5S. The topological polar surface area (TPSA) is 131 Å². The summed E-state index contributed by atoms with van der Waals surface area (Å²) >= 11 is 0. The Bertz CT molecular complexity index is 1040. The zero-order valence-corrected chi connectivity index (χ0v) is 14.2. The molecule has 134 valence electrons. The Morgan fingerprint density at radius 3 is 2.42 bits per heavy atom. The molecule has 0 fully saturated rings. The van der Waals surface area contributed by atoms with Gasteiger partial charge in [0, 0.05) is 16.6 Å². The summed E-state index contributed by atoms with van der Waals surface area (Å²) in [6.45, 7) is -0.481. The summed E-state index contributed by atoms with van der Waals surface area (Å²) in [7, 11) is -3.80. The van der Waals surface area contributed by atoms with Crippen LogP contribution in [0.4, 0.5) is 5.69 Å². The number of rotatable bonds is 5. The number of anilines is 1. The van der Waals surface area contributed by atoms with Crippen LogP contribution in [0.15, 0.2) is 59.5 Å². The molecule has 3 rings (SSSR count). The van der Waals surface area contributed by atoms with Crippen LogP contribution in [0, 0.1) is 0 Å². The van der Waals surface area contributed by atoms with Gasteiger partial charge in [-0.25, -0.2) is 18.4 Å². The van der Waals surface area contributed by atoms with Crippen LogP contribution >= 0.6 is 0 Å². The molecular weight excluding hydrogens is 358 g/mol. The van der Waals surface area contributed by atoms with Crippen molar-refractivity contribution in [1.29, 1.82) is 0 Å². The average molecular weight is 373 g/mol. The van der Waals surface area contributed by atoms with Crippen LogP contribution in [0.5, 0.6) is 0 Å². The van der Waals surface area contributed by atoms with Gasteiger partial charge >= 0.3 is 5.97 Å². The quantitative estimate of drug-likeness (QED) is 0.585. The molecule has 0 atom stereocenters. The summed E-state index contributed by atoms with van der Waals surface area (Å²) in [4.78, 5) is 26.7. The Hall–Kier alpha value is -3.17. The third-order valence-electron chi connectivity index (χ3n) is 3.55. The van der Waals surface area contributed by atoms with Crippen molar-refractivity contribution in [3.8, 4) is 0 Å². The summed E-state index contributed by atoms with van der Waals surface area (Å²) in [5, 5.41) is 8.35. The summed E-state index contributed by atoms with van der Waals surface area (Å²) in [6.07, 6.45) is 0. The number of nitrogens with two attached hydrogens (primary N) is 1. The molecule has 26 heavy (non-hydrogen) atoms. The second kappa shape index (κ2) is 6.98. The van der Waals surface area contributed by atoms with E-state index in [4.69, 9.17) is 9.88 Å². The van der Waals surface area contributed by atoms with E-state index in [2.05, 4.69) is 10.3 Å². The molecule has 1 amide bonds. The van der Waals surface area contributed by atoms with Crippen molar-refractivity contribution in [3.05, 3.63) is 60.3 Å². The van der Waals surface area contributed by atoms with Gasteiger partial charge in [0.25, 0.3) is 5.91 Å². The van der Waals surface area contributed by atoms with Crippen LogP contribution in [-0.2, 0) is 19.6 Å². The van der Waals surface area contributed by atoms with Gasteiger partial charge in [0.05, 0.1) is 4.90 Å². The van der Waals surface area contributed by atoms with Gasteiger partial charge in [-0.1, -0.05) is 18.2 Å². The zero-order valence-electron chi connectivity index (χ0n) is 13.4. The highest BCUT2D eigenvalue weighted by atomic mass is 32.2. The van der Waals surface area contributed by atoms with E-state index in [0.29, 0.717) is 5.69 Å². The minimum atomic E-state index is -3.80. The Morgan fingerprint density at radius 1 is 1.08 bits per heavy atom. The smallest absolute Gasteiger partial charge is 0.355 e. The molecule has 1 heterocycles. The fraction of sp³-hybridized carbons (Fsp3) is 0.0588. The molecule has 0 radical (unpaired) electrons. The molecule has 0 saturated heterocycles. The van der Waals surface area contributed by atoms with Crippen molar-refractivity contribution >= 4 is 38.5 Å². The Morgan fingerprint density at radius 2 is 1.77 bits per heavy atom. The summed E-state index contributed by atoms with van der Waals surface area (Å²) < 4.78 is 27.3. The van der Waals surface area contributed by atoms with Crippen LogP contribution in [-0.4, -0.2) is 31.9 Å². The SMILES string of the molecule is NS(=O)(=O)c1ccc(NC(=O)COC(=O)c2cc3ccccc3[nH]2)cc1. The highest BCUT2D eigenvalue weighted by Gasteiger charge is 2.13. The summed E-state index contributed by atoms with van der Waals surface area (Å²) in [5.41, 5.74) is 1.39. The number of amides is 1. The van der Waals surface area contributed by atoms with E-state index in [1.54, 1.807) is 6.07 Å². The van der Waals surface area contributed by atoms with E-state index in [1.807, 2.05) is 24.3 Å². The largest absolute Gasteiger partial charge is 0.451 e. The molecule has 8 nitrogen and oxygen atoms in total. The van der Waals surface area contributed by atoms with E-state index in [9.17, 15) is 18.0 Å². The standard InChI is InChI=1S/C17H15N3O5S/c18-26(23,24)13-7-5-12(6-8-13)19-16(21)10-25-17(22)15-9-11-3-1-2-4-14(11)20-15/h1-9,20H,10H2,(H,19,21)(H2,18,23,24). The molecule has 0 unspecified atom stereocenters. The predicted molar refractivity (Wildman–Crippen MR) is 95.0 cm³/mol. The molecule has 0 bridgehead atoms. The fourth-order valence-corrected chi connectivity index (χ4v) is 2.83. The highest BCUT2D eigenvalue weighted by Crippen LogP contribution is 2.15. The lowest BCUT2D eigenvalue weighted by Crippen LogP contribution is -2.21. The zero-order chi connectivity index (χ0) is 18.7. The number of benzene rings is 2. The van der Waals surface area contributed by atoms with Gasteiger partial charge in [0.1, 0.15) is 5.69 Å². The molecule has 0 aliphatic carbocycles. The van der Waals surface area contributed by atoms with E-state index in [-0.39, 0.29) is 10.6 Å². The number of carbonyl (C=O) groups excluding carboxylic acids is 2. The van der Waals surface area contributed by atoms with Crippen LogP contribution < -0.4 is 10.5 Å². The number of nitrogens with one attached hydrogen (secondary N) is 2. The van der Waals surface area contributed by atoms with Gasteiger partial charge in [-0.15, -0.1) is 0 Å². The van der Waals surface area contributed by atoms with E-state index >= 15 is 0 Å². The minimum absolute atomic E-state index is 0.0688. The minimum Gasteiger partial charge on any atom is -0.451 e. The maximum absolute atomic E-state index is 12.0. The van der Waals surface area contributed by atoms with E-state index in [0.717, 1.165) is 10.9 Å². The lowest BCUT2D eigenvalue weighted by molar-refractivity contribution is -0.119. The lowest BCUT2D eigenvalue weighted by Gasteiger charge is -2.06. The van der Waals surface area contributed by atoms with Gasteiger partial charge in [-0.2, -0.15) is 0 Å². The first-order valence-corrected chi connectivity index (χ1v) is 9.05. The molecule has 0 aliphatic rings. The number of hydrogen-bond donors (Lipinski definition) is 3. The number of esters is 1. The maximum Gasteiger partial charge on any atom is 0.355 e. The first-order chi connectivity index (χ1) is 12.3. The number of fused-ring (bicyclic) bond motifs is 1. The van der Waals surface area contributed by atoms with Crippen LogP contribution in [0.2, 0.25) is 0 Å². The van der Waals surface area contributed by atoms with Crippen molar-refractivity contribution in [2.24, 2.45) is 5.14 Å². The molecule has 0 aliphatic heterocycles. The summed E-state index contributed by atoms with van der Waals surface area (Å²) in [5.74, 6) is -1.21. The second-order valence-electron chi connectivity index (χ2n) is 5.46. The first-order valence-electron chi connectivity index (χ1n) is 7.50. The second-order valence-corrected chi connectivity index (χ2v) is 7.03. The molecule has 1 aromatic heterocycles. The number of H-pyrrole nitrogens is 1. The van der Waals surface area contributed by atoms with Crippen LogP contribution in [0.1, 0.15) is 10.5 Å². The summed E-state index contributed by atoms with van der Waals surface area (Å²) in [6, 6.07) is 14.3. The third kappa shape index (κ3) is 4.08. The first kappa shape index (κ1) is 17.6. The molecule has 0 spiro atoms. The molecule has 9 heteroatoms. The van der Waals surface area contributed by atoms with Crippen molar-refractivity contribution in [3.63, 3.8) is 0 Å². The van der Waals surface area contributed by atoms with Crippen LogP contribution in [0.25, 0.3) is 10.9 Å². The molecule has 2 aromatic carbocycles. The fourth-order valence-electron chi connectivity index (χ4n) is 2.32. The monoisotopic (exact) mass is 373 g/mol. The number of aromatic amines is 1. The van der Waals surface area contributed by atoms with Gasteiger partial charge in [0.15, 0.2) is 6.61 Å². The number of primary sulfonamides is 1. The van der Waals surface area contributed by atoms with E-state index < -0.39 is 28.5 Å². The Labute approximate surface area is 149 Å².